The Balaban J connectivity index is 1.62. The van der Waals surface area contributed by atoms with E-state index in [4.69, 9.17) is 23.4 Å². The lowest BCUT2D eigenvalue weighted by atomic mass is 10.1. The molecule has 0 unspecified atom stereocenters. The summed E-state index contributed by atoms with van der Waals surface area (Å²) in [6.45, 7) is 0. The summed E-state index contributed by atoms with van der Waals surface area (Å²) in [5, 5.41) is 25.7. The lowest BCUT2D eigenvalue weighted by Gasteiger charge is -2.15. The predicted octanol–water partition coefficient (Wildman–Crippen LogP) is 4.87. The van der Waals surface area contributed by atoms with Crippen LogP contribution in [0.4, 0.5) is 10.7 Å². The van der Waals surface area contributed by atoms with E-state index in [9.17, 15) is 14.9 Å². The molecule has 0 aliphatic rings. The first kappa shape index (κ1) is 25.5. The average molecular weight is 550 g/mol. The predicted molar refractivity (Wildman–Crippen MR) is 151 cm³/mol. The zero-order valence-corrected chi connectivity index (χ0v) is 21.8. The molecule has 4 N–H and O–H groups in total. The summed E-state index contributed by atoms with van der Waals surface area (Å²) in [7, 11) is 0. The fraction of sp³-hybridized carbons (Fsp3) is 0. The molecule has 11 heteroatoms. The number of nitrogens with zero attached hydrogens (tertiary/aromatic N) is 4. The topological polar surface area (TPSA) is 143 Å². The van der Waals surface area contributed by atoms with E-state index in [-0.39, 0.29) is 42.9 Å². The van der Waals surface area contributed by atoms with Gasteiger partial charge < -0.3 is 11.1 Å². The number of rotatable bonds is 6. The Bertz CT molecular complexity index is 1870. The second-order valence-electron chi connectivity index (χ2n) is 8.21. The van der Waals surface area contributed by atoms with Crippen molar-refractivity contribution in [3.8, 4) is 17.4 Å². The molecule has 2 heterocycles. The maximum Gasteiger partial charge on any atom is 0.280 e. The first-order chi connectivity index (χ1) is 18.9. The van der Waals surface area contributed by atoms with Gasteiger partial charge in [0.25, 0.3) is 5.91 Å². The zero-order chi connectivity index (χ0) is 27.5. The van der Waals surface area contributed by atoms with Gasteiger partial charge in [0.2, 0.25) is 10.6 Å². The van der Waals surface area contributed by atoms with Gasteiger partial charge >= 0.3 is 0 Å². The van der Waals surface area contributed by atoms with Crippen LogP contribution >= 0.6 is 23.6 Å². The van der Waals surface area contributed by atoms with Gasteiger partial charge in [0.15, 0.2) is 11.2 Å². The van der Waals surface area contributed by atoms with Crippen LogP contribution in [0.3, 0.4) is 0 Å². The number of hydrogen-bond acceptors (Lipinski definition) is 8. The van der Waals surface area contributed by atoms with E-state index in [0.29, 0.717) is 16.9 Å². The van der Waals surface area contributed by atoms with Crippen LogP contribution in [0.15, 0.2) is 91.0 Å². The molecule has 0 saturated carbocycles. The Morgan fingerprint density at radius 2 is 1.51 bits per heavy atom. The van der Waals surface area contributed by atoms with Gasteiger partial charge in [-0.1, -0.05) is 66.7 Å². The lowest BCUT2D eigenvalue weighted by molar-refractivity contribution is 0.101. The maximum atomic E-state index is 13.6. The van der Waals surface area contributed by atoms with Gasteiger partial charge in [0.1, 0.15) is 21.5 Å². The molecule has 0 aliphatic carbocycles. The number of carbonyl (C=O) groups is 2. The van der Waals surface area contributed by atoms with Gasteiger partial charge in [-0.05, 0) is 36.5 Å². The highest BCUT2D eigenvalue weighted by atomic mass is 32.1. The third kappa shape index (κ3) is 4.77. The summed E-state index contributed by atoms with van der Waals surface area (Å²) < 4.78 is 3.01. The van der Waals surface area contributed by atoms with E-state index in [2.05, 4.69) is 10.4 Å². The molecule has 0 atom stereocenters. The van der Waals surface area contributed by atoms with Gasteiger partial charge in [0.05, 0.1) is 11.4 Å². The summed E-state index contributed by atoms with van der Waals surface area (Å²) in [6.07, 6.45) is 0. The maximum absolute atomic E-state index is 13.6. The number of nitrogen functional groups attached to an aromatic ring is 1. The summed E-state index contributed by atoms with van der Waals surface area (Å²) in [4.78, 5) is 26.7. The highest BCUT2D eigenvalue weighted by Crippen LogP contribution is 2.36. The van der Waals surface area contributed by atoms with Gasteiger partial charge in [-0.15, -0.1) is 11.3 Å². The number of thiophene rings is 1. The second kappa shape index (κ2) is 10.7. The van der Waals surface area contributed by atoms with E-state index in [1.807, 2.05) is 18.2 Å². The van der Waals surface area contributed by atoms with Crippen molar-refractivity contribution in [3.63, 3.8) is 0 Å². The molecule has 0 fully saturated rings. The number of amides is 1. The summed E-state index contributed by atoms with van der Waals surface area (Å²) in [5.74, 6) is -1.13. The number of para-hydroxylation sites is 2. The van der Waals surface area contributed by atoms with Crippen molar-refractivity contribution in [2.75, 3.05) is 11.1 Å². The van der Waals surface area contributed by atoms with Crippen molar-refractivity contribution in [1.29, 1.82) is 10.7 Å². The van der Waals surface area contributed by atoms with Crippen LogP contribution in [0.1, 0.15) is 31.3 Å². The minimum absolute atomic E-state index is 0.0229. The fourth-order valence-electron chi connectivity index (χ4n) is 3.89. The normalized spacial score (nSPS) is 10.5. The molecule has 3 aromatic carbocycles. The van der Waals surface area contributed by atoms with Crippen molar-refractivity contribution < 1.29 is 9.59 Å². The monoisotopic (exact) mass is 549 g/mol. The summed E-state index contributed by atoms with van der Waals surface area (Å²) >= 11 is 6.57. The number of ketones is 1. The van der Waals surface area contributed by atoms with Crippen LogP contribution in [0, 0.1) is 21.5 Å². The van der Waals surface area contributed by atoms with E-state index in [1.54, 1.807) is 78.9 Å². The smallest absolute Gasteiger partial charge is 0.280 e. The molecule has 0 aliphatic heterocycles. The quantitative estimate of drug-likeness (QED) is 0.204. The van der Waals surface area contributed by atoms with Crippen molar-refractivity contribution in [1.82, 2.24) is 14.3 Å². The van der Waals surface area contributed by atoms with Crippen molar-refractivity contribution in [2.45, 2.75) is 0 Å². The highest BCUT2D eigenvalue weighted by molar-refractivity contribution is 7.71. The molecule has 39 heavy (non-hydrogen) atoms. The second-order valence-corrected chi connectivity index (χ2v) is 9.59. The molecular weight excluding hydrogens is 530 g/mol. The Morgan fingerprint density at radius 3 is 2.10 bits per heavy atom. The van der Waals surface area contributed by atoms with Crippen LogP contribution in [-0.2, 0) is 0 Å². The molecule has 0 saturated heterocycles. The third-order valence-corrected chi connectivity index (χ3v) is 7.25. The summed E-state index contributed by atoms with van der Waals surface area (Å²) in [5.41, 5.74) is 7.17. The van der Waals surface area contributed by atoms with Crippen molar-refractivity contribution in [3.05, 3.63) is 123 Å². The van der Waals surface area contributed by atoms with Crippen molar-refractivity contribution in [2.24, 2.45) is 0 Å². The average Bonchev–Trinajstić information content (AvgIpc) is 3.28. The molecule has 5 rings (SSSR count). The van der Waals surface area contributed by atoms with Gasteiger partial charge in [-0.25, -0.2) is 4.68 Å². The first-order valence-corrected chi connectivity index (χ1v) is 12.8. The lowest BCUT2D eigenvalue weighted by Crippen LogP contribution is -2.34. The number of anilines is 2. The van der Waals surface area contributed by atoms with Crippen LogP contribution < -0.4 is 16.5 Å². The number of nitrogens with one attached hydrogen (secondary N) is 2. The van der Waals surface area contributed by atoms with E-state index >= 15 is 0 Å². The molecular formula is C28H19N7O2S2. The molecule has 9 nitrogen and oxygen atoms in total. The molecule has 1 amide bonds. The van der Waals surface area contributed by atoms with Gasteiger partial charge in [0, 0.05) is 11.3 Å². The summed E-state index contributed by atoms with van der Waals surface area (Å²) in [6, 6.07) is 28.4. The fourth-order valence-corrected chi connectivity index (χ4v) is 5.26. The Kier molecular flexibility index (Phi) is 6.96. The van der Waals surface area contributed by atoms with Crippen LogP contribution in [0.2, 0.25) is 0 Å². The highest BCUT2D eigenvalue weighted by Gasteiger charge is 2.25. The zero-order valence-electron chi connectivity index (χ0n) is 20.2. The molecule has 2 aromatic heterocycles. The number of aromatic nitrogens is 3. The Labute approximate surface area is 231 Å². The third-order valence-electron chi connectivity index (χ3n) is 5.78. The van der Waals surface area contributed by atoms with Crippen LogP contribution in [-0.4, -0.2) is 26.0 Å². The van der Waals surface area contributed by atoms with Crippen LogP contribution in [0.5, 0.6) is 0 Å². The Morgan fingerprint density at radius 1 is 0.949 bits per heavy atom. The standard InChI is InChI=1S/C28H19N7O2S2/c29-16-20-21(30)24(23(36)17-10-4-1-5-11-17)39-27(20)32-26(37)22-25(31)34(18-12-6-2-7-13-18)28(38)35(33-22)19-14-8-3-9-15-19/h1-15,31H,30H2,(H,32,37). The number of hydrogen-bond donors (Lipinski definition) is 3. The van der Waals surface area contributed by atoms with Gasteiger partial charge in [-0.2, -0.15) is 10.4 Å². The van der Waals surface area contributed by atoms with E-state index < -0.39 is 5.91 Å². The SMILES string of the molecule is N#Cc1c(NC(=O)c2nn(-c3ccccc3)c(=S)n(-c3ccccc3)c2=N)sc(C(=O)c2ccccc2)c1N. The molecule has 190 valence electrons. The van der Waals surface area contributed by atoms with Crippen molar-refractivity contribution >= 4 is 45.9 Å². The minimum Gasteiger partial charge on any atom is -0.396 e. The first-order valence-electron chi connectivity index (χ1n) is 11.6. The number of carbonyl (C=O) groups excluding carboxylic acids is 2. The van der Waals surface area contributed by atoms with E-state index in [1.165, 1.54) is 9.25 Å². The number of benzene rings is 3. The largest absolute Gasteiger partial charge is 0.396 e. The number of nitriles is 1. The van der Waals surface area contributed by atoms with Gasteiger partial charge in [-0.3, -0.25) is 19.6 Å². The van der Waals surface area contributed by atoms with E-state index in [0.717, 1.165) is 11.3 Å². The molecule has 0 bridgehead atoms. The molecule has 0 radical (unpaired) electrons. The van der Waals surface area contributed by atoms with Crippen LogP contribution in [0.25, 0.3) is 11.4 Å². The number of nitrogens with two attached hydrogens (primary N) is 1. The molecule has 5 aromatic rings. The Hall–Kier alpha value is -5.18. The minimum atomic E-state index is -0.763. The molecule has 0 spiro atoms.